The van der Waals surface area contributed by atoms with Gasteiger partial charge >= 0.3 is 5.92 Å². The fraction of sp³-hybridized carbons (Fsp3) is 0.500. The summed E-state index contributed by atoms with van der Waals surface area (Å²) in [7, 11) is -3.76. The molecule has 0 aliphatic carbocycles. The van der Waals surface area contributed by atoms with Gasteiger partial charge in [0.15, 0.2) is 24.3 Å². The van der Waals surface area contributed by atoms with Crippen molar-refractivity contribution in [3.8, 4) is 0 Å². The lowest BCUT2D eigenvalue weighted by molar-refractivity contribution is -0.147. The van der Waals surface area contributed by atoms with Gasteiger partial charge in [-0.2, -0.15) is 0 Å². The van der Waals surface area contributed by atoms with E-state index in [1.165, 1.54) is 24.3 Å². The summed E-state index contributed by atoms with van der Waals surface area (Å²) in [6.45, 7) is 5.80. The third kappa shape index (κ3) is 4.24. The SMILES string of the molecule is C=Cc1ccccc1[Si](C)(C)C(F)C(F)(F)C(F)C(F)C(F)C(F)F. The summed E-state index contributed by atoms with van der Waals surface area (Å²) < 4.78 is 107. The monoisotopic (exact) mass is 390 g/mol. The van der Waals surface area contributed by atoms with Gasteiger partial charge in [-0.15, -0.1) is 0 Å². The van der Waals surface area contributed by atoms with Crippen LogP contribution in [0.15, 0.2) is 30.8 Å². The summed E-state index contributed by atoms with van der Waals surface area (Å²) >= 11 is 0. The molecule has 0 nitrogen and oxygen atoms in total. The van der Waals surface area contributed by atoms with Crippen LogP contribution >= 0.6 is 0 Å². The lowest BCUT2D eigenvalue weighted by Gasteiger charge is -2.36. The molecule has 4 atom stereocenters. The quantitative estimate of drug-likeness (QED) is 0.431. The Morgan fingerprint density at radius 2 is 1.48 bits per heavy atom. The zero-order valence-electron chi connectivity index (χ0n) is 13.5. The maximum atomic E-state index is 14.6. The normalized spacial score (nSPS) is 17.9. The van der Waals surface area contributed by atoms with Gasteiger partial charge in [0.05, 0.1) is 0 Å². The number of benzene rings is 1. The Labute approximate surface area is 141 Å². The second-order valence-corrected chi connectivity index (χ2v) is 10.7. The molecular weight excluding hydrogens is 372 g/mol. The van der Waals surface area contributed by atoms with E-state index < -0.39 is 44.7 Å². The average molecular weight is 390 g/mol. The fourth-order valence-corrected chi connectivity index (χ4v) is 5.38. The second-order valence-electron chi connectivity index (χ2n) is 6.18. The first-order chi connectivity index (χ1) is 11.4. The van der Waals surface area contributed by atoms with Crippen LogP contribution in [0, 0.1) is 0 Å². The third-order valence-electron chi connectivity index (χ3n) is 4.04. The summed E-state index contributed by atoms with van der Waals surface area (Å²) in [6.07, 6.45) is -14.3. The van der Waals surface area contributed by atoms with E-state index in [1.54, 1.807) is 6.07 Å². The van der Waals surface area contributed by atoms with Crippen LogP contribution in [0.3, 0.4) is 0 Å². The number of hydrogen-bond donors (Lipinski definition) is 0. The van der Waals surface area contributed by atoms with Crippen molar-refractivity contribution in [2.45, 2.75) is 49.8 Å². The van der Waals surface area contributed by atoms with Gasteiger partial charge in [-0.05, 0) is 10.8 Å². The van der Waals surface area contributed by atoms with Crippen molar-refractivity contribution in [1.82, 2.24) is 0 Å². The molecule has 25 heavy (non-hydrogen) atoms. The summed E-state index contributed by atoms with van der Waals surface area (Å²) in [4.78, 5) is 0. The van der Waals surface area contributed by atoms with Crippen molar-refractivity contribution >= 4 is 19.3 Å². The highest BCUT2D eigenvalue weighted by molar-refractivity contribution is 6.91. The Bertz CT molecular complexity index is 589. The summed E-state index contributed by atoms with van der Waals surface area (Å²) in [5.41, 5.74) is 0.348. The molecule has 142 valence electrons. The highest BCUT2D eigenvalue weighted by atomic mass is 28.3. The van der Waals surface area contributed by atoms with Crippen LogP contribution in [0.25, 0.3) is 6.08 Å². The van der Waals surface area contributed by atoms with Crippen molar-refractivity contribution in [3.05, 3.63) is 36.4 Å². The number of halogens is 8. The van der Waals surface area contributed by atoms with E-state index in [-0.39, 0.29) is 5.19 Å². The predicted octanol–water partition coefficient (Wildman–Crippen LogP) is 5.04. The van der Waals surface area contributed by atoms with Gasteiger partial charge in [0.1, 0.15) is 8.07 Å². The zero-order chi connectivity index (χ0) is 19.6. The lowest BCUT2D eigenvalue weighted by Crippen LogP contribution is -2.63. The molecule has 1 aromatic carbocycles. The minimum absolute atomic E-state index is 0.172. The van der Waals surface area contributed by atoms with Crippen LogP contribution in [0.2, 0.25) is 13.1 Å². The maximum absolute atomic E-state index is 14.6. The third-order valence-corrected chi connectivity index (χ3v) is 7.53. The molecule has 0 spiro atoms. The van der Waals surface area contributed by atoms with Crippen LogP contribution in [-0.4, -0.2) is 44.7 Å². The van der Waals surface area contributed by atoms with Crippen molar-refractivity contribution in [2.24, 2.45) is 0 Å². The first kappa shape index (κ1) is 21.7. The standard InChI is InChI=1S/C16H18F8Si/c1-4-9-7-5-6-8-10(9)25(2,3)15(22)16(23,24)13(19)11(17)12(18)14(20)21/h4-8,11-15H,1H2,2-3H3. The van der Waals surface area contributed by atoms with Crippen molar-refractivity contribution in [2.75, 3.05) is 0 Å². The van der Waals surface area contributed by atoms with Crippen LogP contribution in [0.4, 0.5) is 35.1 Å². The minimum Gasteiger partial charge on any atom is -0.244 e. The highest BCUT2D eigenvalue weighted by Crippen LogP contribution is 2.38. The second kappa shape index (κ2) is 7.88. The van der Waals surface area contributed by atoms with Gasteiger partial charge in [-0.3, -0.25) is 0 Å². The topological polar surface area (TPSA) is 0 Å². The summed E-state index contributed by atoms with van der Waals surface area (Å²) in [5, 5.41) is 0.172. The van der Waals surface area contributed by atoms with E-state index in [4.69, 9.17) is 0 Å². The first-order valence-corrected chi connectivity index (χ1v) is 10.4. The van der Waals surface area contributed by atoms with E-state index in [1.807, 2.05) is 0 Å². The fourth-order valence-electron chi connectivity index (χ4n) is 2.53. The molecule has 0 aliphatic rings. The minimum atomic E-state index is -4.97. The molecular formula is C16H18F8Si. The molecule has 0 aliphatic heterocycles. The maximum Gasteiger partial charge on any atom is 0.309 e. The molecule has 0 fully saturated rings. The Hall–Kier alpha value is -1.38. The molecule has 0 saturated carbocycles. The van der Waals surface area contributed by atoms with Crippen molar-refractivity contribution < 1.29 is 35.1 Å². The molecule has 9 heteroatoms. The molecule has 0 saturated heterocycles. The van der Waals surface area contributed by atoms with Gasteiger partial charge in [0.25, 0.3) is 6.43 Å². The van der Waals surface area contributed by atoms with Crippen molar-refractivity contribution in [1.29, 1.82) is 0 Å². The Morgan fingerprint density at radius 3 is 1.96 bits per heavy atom. The van der Waals surface area contributed by atoms with Gasteiger partial charge in [0, 0.05) is 0 Å². The van der Waals surface area contributed by atoms with Crippen LogP contribution < -0.4 is 5.19 Å². The van der Waals surface area contributed by atoms with Crippen LogP contribution in [-0.2, 0) is 0 Å². The lowest BCUT2D eigenvalue weighted by atomic mass is 10.1. The molecule has 0 N–H and O–H groups in total. The van der Waals surface area contributed by atoms with E-state index in [9.17, 15) is 35.1 Å². The molecule has 0 heterocycles. The van der Waals surface area contributed by atoms with E-state index in [0.717, 1.165) is 13.1 Å². The Morgan fingerprint density at radius 1 is 0.960 bits per heavy atom. The Kier molecular flexibility index (Phi) is 6.83. The average Bonchev–Trinajstić information content (AvgIpc) is 2.58. The predicted molar refractivity (Wildman–Crippen MR) is 84.2 cm³/mol. The van der Waals surface area contributed by atoms with Gasteiger partial charge < -0.3 is 0 Å². The summed E-state index contributed by atoms with van der Waals surface area (Å²) in [5.74, 6) is -8.14. The largest absolute Gasteiger partial charge is 0.309 e. The van der Waals surface area contributed by atoms with Gasteiger partial charge in [-0.1, -0.05) is 50.0 Å². The van der Waals surface area contributed by atoms with Gasteiger partial charge in [-0.25, -0.2) is 35.1 Å². The Balaban J connectivity index is 3.21. The van der Waals surface area contributed by atoms with Gasteiger partial charge in [0.2, 0.25) is 0 Å². The summed E-state index contributed by atoms with van der Waals surface area (Å²) in [6, 6.07) is 5.87. The molecule has 1 aromatic rings. The number of alkyl halides is 8. The molecule has 0 radical (unpaired) electrons. The van der Waals surface area contributed by atoms with Crippen LogP contribution in [0.5, 0.6) is 0 Å². The van der Waals surface area contributed by atoms with Crippen LogP contribution in [0.1, 0.15) is 5.56 Å². The van der Waals surface area contributed by atoms with Crippen molar-refractivity contribution in [3.63, 3.8) is 0 Å². The highest BCUT2D eigenvalue weighted by Gasteiger charge is 2.60. The van der Waals surface area contributed by atoms with E-state index in [2.05, 4.69) is 6.58 Å². The number of hydrogen-bond acceptors (Lipinski definition) is 0. The number of rotatable bonds is 8. The first-order valence-electron chi connectivity index (χ1n) is 7.33. The zero-order valence-corrected chi connectivity index (χ0v) is 14.5. The smallest absolute Gasteiger partial charge is 0.244 e. The van der Waals surface area contributed by atoms with E-state index >= 15 is 0 Å². The molecule has 0 amide bonds. The molecule has 0 bridgehead atoms. The molecule has 0 aromatic heterocycles. The molecule has 4 unspecified atom stereocenters. The van der Waals surface area contributed by atoms with E-state index in [0.29, 0.717) is 5.56 Å². The molecule has 1 rings (SSSR count).